The van der Waals surface area contributed by atoms with Gasteiger partial charge in [-0.25, -0.2) is 22.5 Å². The molecule has 0 spiro atoms. The van der Waals surface area contributed by atoms with E-state index >= 15 is 0 Å². The van der Waals surface area contributed by atoms with Gasteiger partial charge in [0.15, 0.2) is 0 Å². The number of imidazole rings is 1. The van der Waals surface area contributed by atoms with E-state index in [0.29, 0.717) is 18.5 Å². The molecule has 4 aromatic rings. The van der Waals surface area contributed by atoms with Crippen molar-refractivity contribution in [3.63, 3.8) is 0 Å². The third-order valence-corrected chi connectivity index (χ3v) is 9.00. The summed E-state index contributed by atoms with van der Waals surface area (Å²) < 4.78 is 44.7. The number of benzene rings is 3. The maximum absolute atomic E-state index is 13.8. The molecule has 0 saturated carbocycles. The van der Waals surface area contributed by atoms with E-state index < -0.39 is 21.9 Å². The van der Waals surface area contributed by atoms with Crippen LogP contribution >= 0.6 is 0 Å². The van der Waals surface area contributed by atoms with Gasteiger partial charge in [-0.1, -0.05) is 49.4 Å². The first-order chi connectivity index (χ1) is 19.2. The summed E-state index contributed by atoms with van der Waals surface area (Å²) in [5.74, 6) is 0.0946. The van der Waals surface area contributed by atoms with Gasteiger partial charge in [0.1, 0.15) is 11.6 Å². The fourth-order valence-electron chi connectivity index (χ4n) is 5.25. The number of nitrogens with zero attached hydrogens (tertiary/aromatic N) is 3. The maximum Gasteiger partial charge on any atom is 0.241 e. The van der Waals surface area contributed by atoms with Gasteiger partial charge in [-0.05, 0) is 72.2 Å². The summed E-state index contributed by atoms with van der Waals surface area (Å²) >= 11 is 0. The lowest BCUT2D eigenvalue weighted by Gasteiger charge is -2.30. The van der Waals surface area contributed by atoms with Crippen LogP contribution in [-0.2, 0) is 34.8 Å². The molecule has 1 aromatic heterocycles. The molecule has 0 unspecified atom stereocenters. The van der Waals surface area contributed by atoms with Crippen LogP contribution in [0.1, 0.15) is 60.7 Å². The number of nitrogens with one attached hydrogen (secondary N) is 1. The van der Waals surface area contributed by atoms with Gasteiger partial charge < -0.3 is 9.47 Å². The second kappa shape index (κ2) is 11.7. The molecule has 5 rings (SSSR count). The van der Waals surface area contributed by atoms with E-state index in [1.54, 1.807) is 11.1 Å². The van der Waals surface area contributed by atoms with Gasteiger partial charge in [-0.15, -0.1) is 0 Å². The molecule has 7 nitrogen and oxygen atoms in total. The lowest BCUT2D eigenvalue weighted by molar-refractivity contribution is -0.119. The van der Waals surface area contributed by atoms with Gasteiger partial charge in [-0.2, -0.15) is 0 Å². The number of carbonyl (C=O) groups is 1. The van der Waals surface area contributed by atoms with Crippen LogP contribution in [-0.4, -0.2) is 23.9 Å². The third kappa shape index (κ3) is 6.16. The summed E-state index contributed by atoms with van der Waals surface area (Å²) in [7, 11) is -2.06. The van der Waals surface area contributed by atoms with Crippen LogP contribution in [0.5, 0.6) is 0 Å². The van der Waals surface area contributed by atoms with E-state index in [1.165, 1.54) is 18.2 Å². The zero-order valence-electron chi connectivity index (χ0n) is 22.6. The molecule has 0 saturated heterocycles. The highest BCUT2D eigenvalue weighted by atomic mass is 32.2. The van der Waals surface area contributed by atoms with Crippen LogP contribution in [0.15, 0.2) is 90.1 Å². The van der Waals surface area contributed by atoms with Crippen LogP contribution in [0.2, 0.25) is 0 Å². The number of amides is 1. The quantitative estimate of drug-likeness (QED) is 0.287. The van der Waals surface area contributed by atoms with Crippen molar-refractivity contribution in [2.24, 2.45) is 7.05 Å². The smallest absolute Gasteiger partial charge is 0.241 e. The van der Waals surface area contributed by atoms with Crippen LogP contribution in [0.4, 0.5) is 10.1 Å². The summed E-state index contributed by atoms with van der Waals surface area (Å²) in [5, 5.41) is 0. The highest BCUT2D eigenvalue weighted by molar-refractivity contribution is 7.89. The number of rotatable bonds is 9. The molecule has 0 aliphatic heterocycles. The van der Waals surface area contributed by atoms with Crippen LogP contribution in [0, 0.1) is 5.82 Å². The number of aromatic nitrogens is 2. The van der Waals surface area contributed by atoms with Gasteiger partial charge in [0.25, 0.3) is 0 Å². The zero-order chi connectivity index (χ0) is 28.3. The largest absolute Gasteiger partial charge is 0.337 e. The fourth-order valence-corrected chi connectivity index (χ4v) is 6.53. The van der Waals surface area contributed by atoms with Gasteiger partial charge >= 0.3 is 0 Å². The van der Waals surface area contributed by atoms with E-state index in [0.717, 1.165) is 41.4 Å². The Morgan fingerprint density at radius 3 is 2.65 bits per heavy atom. The van der Waals surface area contributed by atoms with Crippen molar-refractivity contribution in [1.82, 2.24) is 14.3 Å². The van der Waals surface area contributed by atoms with E-state index in [2.05, 4.69) is 9.71 Å². The molecule has 40 heavy (non-hydrogen) atoms. The minimum Gasteiger partial charge on any atom is -0.337 e. The molecule has 9 heteroatoms. The molecule has 0 radical (unpaired) electrons. The van der Waals surface area contributed by atoms with Crippen molar-refractivity contribution >= 4 is 21.6 Å². The second-order valence-electron chi connectivity index (χ2n) is 10.4. The van der Waals surface area contributed by atoms with Crippen molar-refractivity contribution in [1.29, 1.82) is 0 Å². The Bertz CT molecular complexity index is 1600. The predicted octanol–water partition coefficient (Wildman–Crippen LogP) is 5.64. The molecular formula is C31H33FN4O3S. The van der Waals surface area contributed by atoms with Crippen molar-refractivity contribution < 1.29 is 17.6 Å². The number of halogens is 1. The molecule has 2 atom stereocenters. The fraction of sp³-hybridized carbons (Fsp3) is 0.290. The molecule has 208 valence electrons. The summed E-state index contributed by atoms with van der Waals surface area (Å²) in [6.45, 7) is 2.32. The Kier molecular flexibility index (Phi) is 8.14. The van der Waals surface area contributed by atoms with Crippen LogP contribution in [0.3, 0.4) is 0 Å². The first-order valence-corrected chi connectivity index (χ1v) is 14.9. The Balaban J connectivity index is 1.46. The summed E-state index contributed by atoms with van der Waals surface area (Å²) in [4.78, 5) is 19.9. The molecule has 1 N–H and O–H groups in total. The first-order valence-electron chi connectivity index (χ1n) is 13.4. The Morgan fingerprint density at radius 1 is 1.12 bits per heavy atom. The number of carbonyl (C=O) groups excluding carboxylic acids is 1. The van der Waals surface area contributed by atoms with Crippen molar-refractivity contribution in [3.05, 3.63) is 114 Å². The molecule has 1 amide bonds. The molecule has 1 aliphatic carbocycles. The lowest BCUT2D eigenvalue weighted by atomic mass is 9.87. The maximum atomic E-state index is 13.8. The van der Waals surface area contributed by atoms with E-state index in [4.69, 9.17) is 0 Å². The Morgan fingerprint density at radius 2 is 1.93 bits per heavy atom. The van der Waals surface area contributed by atoms with Crippen LogP contribution < -0.4 is 9.62 Å². The average Bonchev–Trinajstić information content (AvgIpc) is 3.36. The predicted molar refractivity (Wildman–Crippen MR) is 153 cm³/mol. The minimum atomic E-state index is -3.95. The molecule has 3 aromatic carbocycles. The SMILES string of the molecule is C[C@@H](CC(=O)N(Cc1nccn1C)c1ccc2c(c1)[C@H](NS(=O)(=O)c1cccc(F)c1)CCC2)c1ccccc1. The number of hydrogen-bond acceptors (Lipinski definition) is 4. The van der Waals surface area contributed by atoms with Crippen molar-refractivity contribution in [2.45, 2.75) is 56.0 Å². The number of anilines is 1. The highest BCUT2D eigenvalue weighted by Crippen LogP contribution is 2.35. The monoisotopic (exact) mass is 560 g/mol. The van der Waals surface area contributed by atoms with Crippen LogP contribution in [0.25, 0.3) is 0 Å². The van der Waals surface area contributed by atoms with Gasteiger partial charge in [0.2, 0.25) is 15.9 Å². The number of fused-ring (bicyclic) bond motifs is 1. The Labute approximate surface area is 234 Å². The van der Waals surface area contributed by atoms with E-state index in [9.17, 15) is 17.6 Å². The normalized spacial score (nSPS) is 15.8. The summed E-state index contributed by atoms with van der Waals surface area (Å²) in [6.07, 6.45) is 6.08. The molecule has 0 bridgehead atoms. The van der Waals surface area contributed by atoms with Gasteiger partial charge in [0, 0.05) is 37.6 Å². The zero-order valence-corrected chi connectivity index (χ0v) is 23.4. The summed E-state index contributed by atoms with van der Waals surface area (Å²) in [6, 6.07) is 20.3. The number of hydrogen-bond donors (Lipinski definition) is 1. The molecule has 0 fully saturated rings. The van der Waals surface area contributed by atoms with Crippen molar-refractivity contribution in [2.75, 3.05) is 4.90 Å². The standard InChI is InChI=1S/C31H33FN4O3S/c1-22(23-8-4-3-5-9-23)18-31(37)36(21-30-33-16-17-35(30)2)26-15-14-24-10-6-13-29(28(24)20-26)34-40(38,39)27-12-7-11-25(32)19-27/h3-5,7-9,11-12,14-17,19-20,22,29,34H,6,10,13,18,21H2,1-2H3/t22-,29+/m0/s1. The van der Waals surface area contributed by atoms with E-state index in [-0.39, 0.29) is 23.3 Å². The summed E-state index contributed by atoms with van der Waals surface area (Å²) in [5.41, 5.74) is 3.63. The minimum absolute atomic E-state index is 0.0148. The first kappa shape index (κ1) is 27.7. The Hall–Kier alpha value is -3.82. The lowest BCUT2D eigenvalue weighted by Crippen LogP contribution is -2.34. The highest BCUT2D eigenvalue weighted by Gasteiger charge is 2.28. The molecule has 1 aliphatic rings. The number of sulfonamides is 1. The van der Waals surface area contributed by atoms with E-state index in [1.807, 2.05) is 73.3 Å². The van der Waals surface area contributed by atoms with Crippen molar-refractivity contribution in [3.8, 4) is 0 Å². The molecule has 1 heterocycles. The average molecular weight is 561 g/mol. The topological polar surface area (TPSA) is 84.3 Å². The second-order valence-corrected chi connectivity index (χ2v) is 12.1. The third-order valence-electron chi connectivity index (χ3n) is 7.53. The van der Waals surface area contributed by atoms with Gasteiger partial charge in [0.05, 0.1) is 11.4 Å². The van der Waals surface area contributed by atoms with Gasteiger partial charge in [-0.3, -0.25) is 4.79 Å². The number of aryl methyl sites for hydroxylation is 2. The molecular weight excluding hydrogens is 527 g/mol.